The minimum absolute atomic E-state index is 0.880. The molecule has 1 aliphatic heterocycles. The summed E-state index contributed by atoms with van der Waals surface area (Å²) in [6.07, 6.45) is 0. The third-order valence-corrected chi connectivity index (χ3v) is 2.72. The molecule has 3 nitrogen and oxygen atoms in total. The molecule has 3 rings (SSSR count). The fraction of sp³-hybridized carbons (Fsp3) is 0.250. The van der Waals surface area contributed by atoms with Crippen molar-refractivity contribution >= 4 is 16.7 Å². The number of hydrogen-bond donors (Lipinski definition) is 2. The lowest BCUT2D eigenvalue weighted by molar-refractivity contribution is 0.960. The normalized spacial score (nSPS) is 15.4. The summed E-state index contributed by atoms with van der Waals surface area (Å²) in [7, 11) is 0. The number of hydrogen-bond acceptors (Lipinski definition) is 2. The number of benzene rings is 1. The molecule has 76 valence electrons. The van der Waals surface area contributed by atoms with Crippen LogP contribution in [-0.2, 0) is 0 Å². The van der Waals surface area contributed by atoms with E-state index in [0.717, 1.165) is 18.9 Å². The highest BCUT2D eigenvalue weighted by Gasteiger charge is 2.12. The zero-order valence-electron chi connectivity index (χ0n) is 8.67. The van der Waals surface area contributed by atoms with E-state index in [9.17, 15) is 0 Å². The first kappa shape index (κ1) is 8.53. The summed E-state index contributed by atoms with van der Waals surface area (Å²) in [5.41, 5.74) is 3.55. The second-order valence-corrected chi connectivity index (χ2v) is 3.88. The Balaban J connectivity index is 2.25. The zero-order chi connectivity index (χ0) is 10.3. The van der Waals surface area contributed by atoms with Crippen molar-refractivity contribution in [3.05, 3.63) is 35.5 Å². The highest BCUT2D eigenvalue weighted by molar-refractivity contribution is 6.09. The van der Waals surface area contributed by atoms with Crippen LogP contribution in [0.3, 0.4) is 0 Å². The number of rotatable bonds is 1. The molecule has 1 aromatic heterocycles. The van der Waals surface area contributed by atoms with Gasteiger partial charge in [-0.25, -0.2) is 0 Å². The van der Waals surface area contributed by atoms with Crippen LogP contribution in [0.4, 0.5) is 0 Å². The van der Waals surface area contributed by atoms with Gasteiger partial charge >= 0.3 is 0 Å². The molecule has 0 atom stereocenters. The van der Waals surface area contributed by atoms with E-state index in [4.69, 9.17) is 0 Å². The standard InChI is InChI=1S/C12H13N3/c1-8-7-9-3-2-4-10(11(9)15-8)12-13-5-6-14-12/h2-4,7,15H,5-6H2,1H3,(H,13,14). The van der Waals surface area contributed by atoms with Gasteiger partial charge in [-0.05, 0) is 19.1 Å². The van der Waals surface area contributed by atoms with Crippen LogP contribution in [0.2, 0.25) is 0 Å². The monoisotopic (exact) mass is 199 g/mol. The van der Waals surface area contributed by atoms with E-state index >= 15 is 0 Å². The Bertz CT molecular complexity index is 537. The van der Waals surface area contributed by atoms with Crippen LogP contribution in [0.5, 0.6) is 0 Å². The SMILES string of the molecule is Cc1cc2cccc(C3=NCCN3)c2[nH]1. The quantitative estimate of drug-likeness (QED) is 0.722. The van der Waals surface area contributed by atoms with Crippen molar-refractivity contribution in [2.45, 2.75) is 6.92 Å². The van der Waals surface area contributed by atoms with Gasteiger partial charge in [0.05, 0.1) is 12.1 Å². The van der Waals surface area contributed by atoms with Gasteiger partial charge in [0.2, 0.25) is 0 Å². The van der Waals surface area contributed by atoms with E-state index in [2.05, 4.69) is 46.5 Å². The average Bonchev–Trinajstić information content (AvgIpc) is 2.82. The Hall–Kier alpha value is -1.77. The smallest absolute Gasteiger partial charge is 0.130 e. The van der Waals surface area contributed by atoms with Gasteiger partial charge in [-0.15, -0.1) is 0 Å². The lowest BCUT2D eigenvalue weighted by Gasteiger charge is -2.03. The molecule has 2 aromatic rings. The fourth-order valence-electron chi connectivity index (χ4n) is 2.07. The molecular formula is C12H13N3. The van der Waals surface area contributed by atoms with E-state index in [1.807, 2.05) is 0 Å². The van der Waals surface area contributed by atoms with Gasteiger partial charge in [-0.1, -0.05) is 12.1 Å². The van der Waals surface area contributed by atoms with Gasteiger partial charge in [0.15, 0.2) is 0 Å². The third kappa shape index (κ3) is 1.31. The summed E-state index contributed by atoms with van der Waals surface area (Å²) >= 11 is 0. The van der Waals surface area contributed by atoms with Crippen LogP contribution < -0.4 is 5.32 Å². The maximum absolute atomic E-state index is 4.45. The van der Waals surface area contributed by atoms with Gasteiger partial charge in [0.25, 0.3) is 0 Å². The molecule has 0 saturated carbocycles. The molecule has 0 unspecified atom stereocenters. The second kappa shape index (κ2) is 3.12. The van der Waals surface area contributed by atoms with E-state index in [1.165, 1.54) is 22.2 Å². The first-order valence-corrected chi connectivity index (χ1v) is 5.21. The number of aryl methyl sites for hydroxylation is 1. The Morgan fingerprint density at radius 3 is 3.07 bits per heavy atom. The molecule has 0 aliphatic carbocycles. The molecule has 0 spiro atoms. The van der Waals surface area contributed by atoms with Gasteiger partial charge in [-0.2, -0.15) is 0 Å². The molecule has 3 heteroatoms. The molecule has 0 radical (unpaired) electrons. The lowest BCUT2D eigenvalue weighted by atomic mass is 10.1. The maximum atomic E-state index is 4.45. The number of para-hydroxylation sites is 1. The predicted molar refractivity (Wildman–Crippen MR) is 62.4 cm³/mol. The summed E-state index contributed by atoms with van der Waals surface area (Å²) in [5.74, 6) is 1.02. The number of amidine groups is 1. The summed E-state index contributed by atoms with van der Waals surface area (Å²) in [5, 5.41) is 4.56. The van der Waals surface area contributed by atoms with Crippen molar-refractivity contribution in [2.75, 3.05) is 13.1 Å². The molecule has 1 aliphatic rings. The number of H-pyrrole nitrogens is 1. The van der Waals surface area contributed by atoms with Gasteiger partial charge in [0.1, 0.15) is 5.84 Å². The van der Waals surface area contributed by atoms with Crippen molar-refractivity contribution in [3.8, 4) is 0 Å². The highest BCUT2D eigenvalue weighted by Crippen LogP contribution is 2.20. The van der Waals surface area contributed by atoms with Crippen LogP contribution >= 0.6 is 0 Å². The summed E-state index contributed by atoms with van der Waals surface area (Å²) in [6.45, 7) is 3.91. The number of nitrogens with zero attached hydrogens (tertiary/aromatic N) is 1. The summed E-state index contributed by atoms with van der Waals surface area (Å²) in [6, 6.07) is 8.47. The van der Waals surface area contributed by atoms with Crippen molar-refractivity contribution in [1.29, 1.82) is 0 Å². The maximum Gasteiger partial charge on any atom is 0.130 e. The largest absolute Gasteiger partial charge is 0.368 e. The minimum Gasteiger partial charge on any atom is -0.368 e. The van der Waals surface area contributed by atoms with Crippen LogP contribution in [0.25, 0.3) is 10.9 Å². The average molecular weight is 199 g/mol. The lowest BCUT2D eigenvalue weighted by Crippen LogP contribution is -2.19. The third-order valence-electron chi connectivity index (χ3n) is 2.72. The first-order valence-electron chi connectivity index (χ1n) is 5.21. The van der Waals surface area contributed by atoms with Gasteiger partial charge < -0.3 is 10.3 Å². The van der Waals surface area contributed by atoms with Crippen LogP contribution in [0, 0.1) is 6.92 Å². The van der Waals surface area contributed by atoms with Crippen LogP contribution in [0.15, 0.2) is 29.3 Å². The Labute approximate surface area is 88.2 Å². The molecule has 0 amide bonds. The van der Waals surface area contributed by atoms with Crippen molar-refractivity contribution in [2.24, 2.45) is 4.99 Å². The molecular weight excluding hydrogens is 186 g/mol. The van der Waals surface area contributed by atoms with E-state index in [1.54, 1.807) is 0 Å². The fourth-order valence-corrected chi connectivity index (χ4v) is 2.07. The molecule has 2 heterocycles. The topological polar surface area (TPSA) is 40.2 Å². The van der Waals surface area contributed by atoms with Crippen molar-refractivity contribution in [1.82, 2.24) is 10.3 Å². The molecule has 15 heavy (non-hydrogen) atoms. The van der Waals surface area contributed by atoms with E-state index < -0.39 is 0 Å². The van der Waals surface area contributed by atoms with Crippen molar-refractivity contribution in [3.63, 3.8) is 0 Å². The predicted octanol–water partition coefficient (Wildman–Crippen LogP) is 1.83. The van der Waals surface area contributed by atoms with E-state index in [-0.39, 0.29) is 0 Å². The number of aromatic nitrogens is 1. The summed E-state index contributed by atoms with van der Waals surface area (Å²) < 4.78 is 0. The molecule has 0 fully saturated rings. The number of fused-ring (bicyclic) bond motifs is 1. The second-order valence-electron chi connectivity index (χ2n) is 3.88. The Morgan fingerprint density at radius 1 is 1.33 bits per heavy atom. The van der Waals surface area contributed by atoms with Crippen LogP contribution in [-0.4, -0.2) is 23.9 Å². The highest BCUT2D eigenvalue weighted by atomic mass is 15.1. The molecule has 2 N–H and O–H groups in total. The van der Waals surface area contributed by atoms with Gasteiger partial charge in [0, 0.05) is 23.2 Å². The summed E-state index contributed by atoms with van der Waals surface area (Å²) in [4.78, 5) is 7.83. The van der Waals surface area contributed by atoms with Gasteiger partial charge in [-0.3, -0.25) is 4.99 Å². The first-order chi connectivity index (χ1) is 7.34. The molecule has 1 aromatic carbocycles. The Morgan fingerprint density at radius 2 is 2.27 bits per heavy atom. The number of aromatic amines is 1. The van der Waals surface area contributed by atoms with Crippen LogP contribution in [0.1, 0.15) is 11.3 Å². The Kier molecular flexibility index (Phi) is 1.78. The molecule has 0 saturated heterocycles. The van der Waals surface area contributed by atoms with Crippen molar-refractivity contribution < 1.29 is 0 Å². The van der Waals surface area contributed by atoms with E-state index in [0.29, 0.717) is 0 Å². The number of aliphatic imine (C=N–C) groups is 1. The molecule has 0 bridgehead atoms. The number of nitrogens with one attached hydrogen (secondary N) is 2. The minimum atomic E-state index is 0.880. The zero-order valence-corrected chi connectivity index (χ0v) is 8.67.